The number of aromatic nitrogens is 3. The zero-order valence-electron chi connectivity index (χ0n) is 8.35. The fourth-order valence-electron chi connectivity index (χ4n) is 2.94. The molecule has 2 saturated carbocycles. The third kappa shape index (κ3) is 0.974. The average molecular weight is 193 g/mol. The Bertz CT molecular complexity index is 362. The molecule has 14 heavy (non-hydrogen) atoms. The second kappa shape index (κ2) is 2.57. The molecule has 2 fully saturated rings. The summed E-state index contributed by atoms with van der Waals surface area (Å²) in [6.45, 7) is 0. The molecule has 0 radical (unpaired) electrons. The van der Waals surface area contributed by atoms with Crippen LogP contribution in [0.1, 0.15) is 31.5 Å². The van der Waals surface area contributed by atoms with Gasteiger partial charge in [0.2, 0.25) is 0 Å². The molecular formula is C10H15N3O. The van der Waals surface area contributed by atoms with E-state index in [1.54, 1.807) is 4.68 Å². The van der Waals surface area contributed by atoms with Crippen LogP contribution in [0, 0.1) is 11.8 Å². The molecule has 0 bridgehead atoms. The molecular weight excluding hydrogens is 178 g/mol. The predicted octanol–water partition coefficient (Wildman–Crippen LogP) is 0.823. The monoisotopic (exact) mass is 193 g/mol. The molecule has 0 aliphatic heterocycles. The molecule has 4 heteroatoms. The zero-order valence-corrected chi connectivity index (χ0v) is 8.35. The molecule has 2 aliphatic rings. The van der Waals surface area contributed by atoms with Crippen molar-refractivity contribution in [2.24, 2.45) is 18.9 Å². The lowest BCUT2D eigenvalue weighted by Gasteiger charge is -2.30. The van der Waals surface area contributed by atoms with Crippen LogP contribution >= 0.6 is 0 Å². The number of rotatable bonds is 1. The highest BCUT2D eigenvalue weighted by atomic mass is 16.3. The maximum Gasteiger partial charge on any atom is 0.158 e. The van der Waals surface area contributed by atoms with Gasteiger partial charge in [-0.05, 0) is 37.5 Å². The molecule has 1 aromatic heterocycles. The number of fused-ring (bicyclic) bond motifs is 1. The van der Waals surface area contributed by atoms with Gasteiger partial charge >= 0.3 is 0 Å². The van der Waals surface area contributed by atoms with Gasteiger partial charge in [0.15, 0.2) is 5.82 Å². The summed E-state index contributed by atoms with van der Waals surface area (Å²) in [7, 11) is 1.85. The van der Waals surface area contributed by atoms with Crippen LogP contribution in [0.2, 0.25) is 0 Å². The first-order valence-electron chi connectivity index (χ1n) is 5.28. The van der Waals surface area contributed by atoms with Gasteiger partial charge in [-0.3, -0.25) is 4.68 Å². The summed E-state index contributed by atoms with van der Waals surface area (Å²) in [5.41, 5.74) is -0.686. The Balaban J connectivity index is 1.99. The first-order valence-corrected chi connectivity index (χ1v) is 5.28. The molecule has 0 saturated heterocycles. The molecule has 3 rings (SSSR count). The highest BCUT2D eigenvalue weighted by Gasteiger charge is 2.56. The molecule has 1 heterocycles. The van der Waals surface area contributed by atoms with Gasteiger partial charge in [0, 0.05) is 7.05 Å². The Morgan fingerprint density at radius 2 is 2.50 bits per heavy atom. The smallest absolute Gasteiger partial charge is 0.158 e. The van der Waals surface area contributed by atoms with Crippen molar-refractivity contribution in [1.82, 2.24) is 14.8 Å². The maximum absolute atomic E-state index is 10.6. The molecule has 3 atom stereocenters. The second-order valence-corrected chi connectivity index (χ2v) is 4.63. The van der Waals surface area contributed by atoms with Gasteiger partial charge in [0.1, 0.15) is 11.9 Å². The maximum atomic E-state index is 10.6. The van der Waals surface area contributed by atoms with Crippen molar-refractivity contribution < 1.29 is 5.11 Å². The van der Waals surface area contributed by atoms with E-state index in [-0.39, 0.29) is 0 Å². The third-order valence-corrected chi connectivity index (χ3v) is 3.77. The quantitative estimate of drug-likeness (QED) is 0.718. The van der Waals surface area contributed by atoms with Crippen LogP contribution in [-0.2, 0) is 12.6 Å². The minimum absolute atomic E-state index is 0.444. The highest BCUT2D eigenvalue weighted by Crippen LogP contribution is 2.58. The minimum atomic E-state index is -0.686. The minimum Gasteiger partial charge on any atom is -0.382 e. The van der Waals surface area contributed by atoms with E-state index in [9.17, 15) is 5.11 Å². The number of nitrogens with zero attached hydrogens (tertiary/aromatic N) is 3. The summed E-state index contributed by atoms with van der Waals surface area (Å²) in [5, 5.41) is 14.6. The second-order valence-electron chi connectivity index (χ2n) is 4.63. The van der Waals surface area contributed by atoms with Crippen molar-refractivity contribution in [3.8, 4) is 0 Å². The van der Waals surface area contributed by atoms with Crippen LogP contribution in [0.4, 0.5) is 0 Å². The normalized spacial score (nSPS) is 40.7. The van der Waals surface area contributed by atoms with Gasteiger partial charge in [-0.2, -0.15) is 5.10 Å². The molecule has 2 aliphatic carbocycles. The summed E-state index contributed by atoms with van der Waals surface area (Å²) in [6.07, 6.45) is 5.94. The van der Waals surface area contributed by atoms with Crippen molar-refractivity contribution in [1.29, 1.82) is 0 Å². The Kier molecular flexibility index (Phi) is 1.54. The van der Waals surface area contributed by atoms with Crippen LogP contribution in [0.3, 0.4) is 0 Å². The van der Waals surface area contributed by atoms with Crippen LogP contribution in [0.25, 0.3) is 0 Å². The molecule has 0 amide bonds. The lowest BCUT2D eigenvalue weighted by Crippen LogP contribution is -2.34. The third-order valence-electron chi connectivity index (χ3n) is 3.77. The van der Waals surface area contributed by atoms with Gasteiger partial charge in [-0.15, -0.1) is 0 Å². The van der Waals surface area contributed by atoms with Gasteiger partial charge in [0.05, 0.1) is 0 Å². The van der Waals surface area contributed by atoms with Gasteiger partial charge in [-0.1, -0.05) is 0 Å². The first-order chi connectivity index (χ1) is 6.72. The lowest BCUT2D eigenvalue weighted by atomic mass is 9.84. The number of aliphatic hydroxyl groups is 1. The highest BCUT2D eigenvalue weighted by molar-refractivity contribution is 5.13. The molecule has 1 aromatic rings. The Labute approximate surface area is 83.0 Å². The van der Waals surface area contributed by atoms with E-state index in [4.69, 9.17) is 0 Å². The Hall–Kier alpha value is -0.900. The summed E-state index contributed by atoms with van der Waals surface area (Å²) in [6, 6.07) is 0. The van der Waals surface area contributed by atoms with Crippen molar-refractivity contribution in [2.45, 2.75) is 31.3 Å². The van der Waals surface area contributed by atoms with Crippen molar-refractivity contribution in [2.75, 3.05) is 0 Å². The van der Waals surface area contributed by atoms with E-state index in [0.29, 0.717) is 5.92 Å². The summed E-state index contributed by atoms with van der Waals surface area (Å²) in [4.78, 5) is 4.19. The van der Waals surface area contributed by atoms with Crippen molar-refractivity contribution in [3.63, 3.8) is 0 Å². The van der Waals surface area contributed by atoms with Crippen molar-refractivity contribution >= 4 is 0 Å². The molecule has 76 valence electrons. The number of aryl methyl sites for hydroxylation is 1. The topological polar surface area (TPSA) is 50.9 Å². The van der Waals surface area contributed by atoms with E-state index in [1.165, 1.54) is 19.2 Å². The van der Waals surface area contributed by atoms with Gasteiger partial charge in [0.25, 0.3) is 0 Å². The number of hydrogen-bond acceptors (Lipinski definition) is 3. The average Bonchev–Trinajstić information content (AvgIpc) is 2.83. The summed E-state index contributed by atoms with van der Waals surface area (Å²) < 4.78 is 1.71. The first kappa shape index (κ1) is 8.41. The van der Waals surface area contributed by atoms with Crippen LogP contribution in [0.5, 0.6) is 0 Å². The van der Waals surface area contributed by atoms with E-state index in [2.05, 4.69) is 10.1 Å². The van der Waals surface area contributed by atoms with Crippen LogP contribution in [-0.4, -0.2) is 19.9 Å². The molecule has 0 aromatic carbocycles. The fraction of sp³-hybridized carbons (Fsp3) is 0.800. The van der Waals surface area contributed by atoms with Gasteiger partial charge in [-0.25, -0.2) is 4.98 Å². The molecule has 3 unspecified atom stereocenters. The molecule has 0 spiro atoms. The van der Waals surface area contributed by atoms with Gasteiger partial charge < -0.3 is 5.11 Å². The van der Waals surface area contributed by atoms with E-state index in [0.717, 1.165) is 24.6 Å². The molecule has 1 N–H and O–H groups in total. The molecule has 4 nitrogen and oxygen atoms in total. The lowest BCUT2D eigenvalue weighted by molar-refractivity contribution is -0.0271. The predicted molar refractivity (Wildman–Crippen MR) is 50.3 cm³/mol. The number of hydrogen-bond donors (Lipinski definition) is 1. The van der Waals surface area contributed by atoms with E-state index < -0.39 is 5.60 Å². The van der Waals surface area contributed by atoms with Crippen LogP contribution < -0.4 is 0 Å². The van der Waals surface area contributed by atoms with E-state index in [1.807, 2.05) is 7.05 Å². The fourth-order valence-corrected chi connectivity index (χ4v) is 2.94. The Morgan fingerprint density at radius 1 is 1.64 bits per heavy atom. The van der Waals surface area contributed by atoms with Crippen LogP contribution in [0.15, 0.2) is 6.33 Å². The Morgan fingerprint density at radius 3 is 3.21 bits per heavy atom. The summed E-state index contributed by atoms with van der Waals surface area (Å²) in [5.74, 6) is 1.94. The van der Waals surface area contributed by atoms with Crippen molar-refractivity contribution in [3.05, 3.63) is 12.2 Å². The largest absolute Gasteiger partial charge is 0.382 e. The zero-order chi connectivity index (χ0) is 9.76. The van der Waals surface area contributed by atoms with E-state index >= 15 is 0 Å². The SMILES string of the molecule is Cn1ncnc1C1(O)CCCC2CC21. The standard InChI is InChI=1S/C10H15N3O/c1-13-9(11-6-12-13)10(14)4-2-3-7-5-8(7)10/h6-8,14H,2-5H2,1H3. The summed E-state index contributed by atoms with van der Waals surface area (Å²) >= 11 is 0.